The van der Waals surface area contributed by atoms with Gasteiger partial charge in [-0.1, -0.05) is 18.5 Å². The Morgan fingerprint density at radius 1 is 1.50 bits per heavy atom. The van der Waals surface area contributed by atoms with Gasteiger partial charge in [-0.05, 0) is 44.9 Å². The fourth-order valence-corrected chi connectivity index (χ4v) is 4.15. The summed E-state index contributed by atoms with van der Waals surface area (Å²) in [5, 5.41) is 0. The first kappa shape index (κ1) is 16.2. The van der Waals surface area contributed by atoms with E-state index in [1.807, 2.05) is 6.07 Å². The molecule has 5 heteroatoms. The third-order valence-corrected chi connectivity index (χ3v) is 5.30. The highest BCUT2D eigenvalue weighted by atomic mass is 35.5. The maximum absolute atomic E-state index is 6.35. The number of nitrogens with two attached hydrogens (primary N) is 1. The molecule has 0 spiro atoms. The van der Waals surface area contributed by atoms with Crippen LogP contribution < -0.4 is 5.73 Å². The minimum absolute atomic E-state index is 0.123. The normalized spacial score (nSPS) is 22.9. The lowest BCUT2D eigenvalue weighted by Gasteiger charge is -2.35. The summed E-state index contributed by atoms with van der Waals surface area (Å²) < 4.78 is 6.68. The summed E-state index contributed by atoms with van der Waals surface area (Å²) in [5.74, 6) is 0. The molecule has 3 nitrogen and oxygen atoms in total. The highest BCUT2D eigenvalue weighted by Gasteiger charge is 2.27. The maximum Gasteiger partial charge on any atom is 0.0931 e. The number of ether oxygens (including phenoxy) is 1. The van der Waals surface area contributed by atoms with Gasteiger partial charge in [0.2, 0.25) is 0 Å². The van der Waals surface area contributed by atoms with E-state index in [9.17, 15) is 0 Å². The molecule has 20 heavy (non-hydrogen) atoms. The average Bonchev–Trinajstić information content (AvgIpc) is 2.86. The van der Waals surface area contributed by atoms with Crippen molar-refractivity contribution in [3.63, 3.8) is 0 Å². The van der Waals surface area contributed by atoms with E-state index >= 15 is 0 Å². The number of nitrogens with zero attached hydrogens (tertiary/aromatic N) is 1. The van der Waals surface area contributed by atoms with E-state index in [-0.39, 0.29) is 12.1 Å². The fraction of sp³-hybridized carbons (Fsp3) is 0.733. The molecule has 2 rings (SSSR count). The van der Waals surface area contributed by atoms with Crippen molar-refractivity contribution in [3.8, 4) is 0 Å². The van der Waals surface area contributed by atoms with Crippen molar-refractivity contribution in [3.05, 3.63) is 21.3 Å². The van der Waals surface area contributed by atoms with Gasteiger partial charge in [0.25, 0.3) is 0 Å². The largest absolute Gasteiger partial charge is 0.377 e. The first-order chi connectivity index (χ1) is 9.61. The monoisotopic (exact) mass is 316 g/mol. The van der Waals surface area contributed by atoms with Crippen molar-refractivity contribution in [2.45, 2.75) is 50.8 Å². The van der Waals surface area contributed by atoms with Crippen molar-refractivity contribution in [1.29, 1.82) is 0 Å². The average molecular weight is 317 g/mol. The van der Waals surface area contributed by atoms with Crippen LogP contribution in [0.25, 0.3) is 0 Å². The molecule has 0 aliphatic carbocycles. The van der Waals surface area contributed by atoms with E-state index in [2.05, 4.69) is 24.9 Å². The minimum Gasteiger partial charge on any atom is -0.377 e. The summed E-state index contributed by atoms with van der Waals surface area (Å²) in [6.45, 7) is 3.97. The van der Waals surface area contributed by atoms with Gasteiger partial charge in [-0.2, -0.15) is 0 Å². The van der Waals surface area contributed by atoms with Gasteiger partial charge < -0.3 is 10.5 Å². The summed E-state index contributed by atoms with van der Waals surface area (Å²) in [4.78, 5) is 3.59. The Kier molecular flexibility index (Phi) is 6.30. The maximum atomic E-state index is 6.35. The fourth-order valence-electron chi connectivity index (χ4n) is 2.85. The lowest BCUT2D eigenvalue weighted by atomic mass is 10.0. The Labute approximate surface area is 131 Å². The van der Waals surface area contributed by atoms with Crippen LogP contribution >= 0.6 is 22.9 Å². The smallest absolute Gasteiger partial charge is 0.0931 e. The van der Waals surface area contributed by atoms with Crippen molar-refractivity contribution in [2.75, 3.05) is 20.2 Å². The Hall–Kier alpha value is -0.130. The molecule has 0 aromatic carbocycles. The van der Waals surface area contributed by atoms with Crippen LogP contribution in [0.3, 0.4) is 0 Å². The number of halogens is 1. The second-order valence-electron chi connectivity index (χ2n) is 5.59. The third kappa shape index (κ3) is 4.18. The van der Waals surface area contributed by atoms with Gasteiger partial charge in [0, 0.05) is 24.1 Å². The number of thiophene rings is 1. The van der Waals surface area contributed by atoms with E-state index < -0.39 is 0 Å². The quantitative estimate of drug-likeness (QED) is 0.870. The Balaban J connectivity index is 2.05. The summed E-state index contributed by atoms with van der Waals surface area (Å²) in [7, 11) is 2.14. The minimum atomic E-state index is 0.123. The molecule has 1 aliphatic heterocycles. The summed E-state index contributed by atoms with van der Waals surface area (Å²) in [5.41, 5.74) is 6.35. The second-order valence-corrected chi connectivity index (χ2v) is 7.33. The van der Waals surface area contributed by atoms with Crippen LogP contribution in [0.4, 0.5) is 0 Å². The molecule has 0 saturated carbocycles. The Bertz CT molecular complexity index is 406. The van der Waals surface area contributed by atoms with E-state index in [0.29, 0.717) is 6.10 Å². The van der Waals surface area contributed by atoms with Crippen molar-refractivity contribution >= 4 is 22.9 Å². The van der Waals surface area contributed by atoms with Gasteiger partial charge in [0.1, 0.15) is 0 Å². The first-order valence-electron chi connectivity index (χ1n) is 7.44. The number of rotatable bonds is 6. The predicted molar refractivity (Wildman–Crippen MR) is 86.6 cm³/mol. The second kappa shape index (κ2) is 7.76. The highest BCUT2D eigenvalue weighted by molar-refractivity contribution is 7.16. The van der Waals surface area contributed by atoms with Gasteiger partial charge >= 0.3 is 0 Å². The Morgan fingerprint density at radius 2 is 2.30 bits per heavy atom. The van der Waals surface area contributed by atoms with Crippen molar-refractivity contribution in [1.82, 2.24) is 4.90 Å². The summed E-state index contributed by atoms with van der Waals surface area (Å²) >= 11 is 7.72. The zero-order valence-corrected chi connectivity index (χ0v) is 13.9. The van der Waals surface area contributed by atoms with Crippen LogP contribution in [0, 0.1) is 0 Å². The standard InChI is InChI=1S/C15H25ClN2OS/c1-3-12(17)15(13-7-8-14(16)20-13)18(2)10-11-6-4-5-9-19-11/h7-8,11-12,15H,3-6,9-10,17H2,1-2H3. The molecule has 2 heterocycles. The Morgan fingerprint density at radius 3 is 2.85 bits per heavy atom. The zero-order valence-electron chi connectivity index (χ0n) is 12.3. The molecule has 0 bridgehead atoms. The molecule has 0 radical (unpaired) electrons. The lowest BCUT2D eigenvalue weighted by Crippen LogP contribution is -2.42. The summed E-state index contributed by atoms with van der Waals surface area (Å²) in [6.07, 6.45) is 4.92. The molecule has 1 aromatic heterocycles. The number of hydrogen-bond donors (Lipinski definition) is 1. The van der Waals surface area contributed by atoms with Crippen LogP contribution in [0.15, 0.2) is 12.1 Å². The molecule has 2 N–H and O–H groups in total. The molecule has 3 atom stereocenters. The molecule has 1 aromatic rings. The lowest BCUT2D eigenvalue weighted by molar-refractivity contribution is -0.0101. The van der Waals surface area contributed by atoms with Gasteiger partial charge in [0.05, 0.1) is 16.5 Å². The van der Waals surface area contributed by atoms with Gasteiger partial charge in [-0.15, -0.1) is 11.3 Å². The summed E-state index contributed by atoms with van der Waals surface area (Å²) in [6, 6.07) is 4.41. The zero-order chi connectivity index (χ0) is 14.5. The number of hydrogen-bond acceptors (Lipinski definition) is 4. The molecular weight excluding hydrogens is 292 g/mol. The van der Waals surface area contributed by atoms with E-state index in [4.69, 9.17) is 22.1 Å². The first-order valence-corrected chi connectivity index (χ1v) is 8.64. The molecule has 3 unspecified atom stereocenters. The SMILES string of the molecule is CCC(N)C(c1ccc(Cl)s1)N(C)CC1CCCCO1. The molecule has 114 valence electrons. The van der Waals surface area contributed by atoms with Gasteiger partial charge in [-0.3, -0.25) is 4.90 Å². The van der Waals surface area contributed by atoms with E-state index in [1.54, 1.807) is 11.3 Å². The highest BCUT2D eigenvalue weighted by Crippen LogP contribution is 2.33. The third-order valence-electron chi connectivity index (χ3n) is 4.00. The molecule has 1 aliphatic rings. The molecular formula is C15H25ClN2OS. The van der Waals surface area contributed by atoms with Crippen LogP contribution in [0.1, 0.15) is 43.5 Å². The predicted octanol–water partition coefficient (Wildman–Crippen LogP) is 3.68. The van der Waals surface area contributed by atoms with Crippen molar-refractivity contribution in [2.24, 2.45) is 5.73 Å². The number of likely N-dealkylation sites (N-methyl/N-ethyl adjacent to an activating group) is 1. The molecule has 1 fully saturated rings. The van der Waals surface area contributed by atoms with Gasteiger partial charge in [-0.25, -0.2) is 0 Å². The van der Waals surface area contributed by atoms with Gasteiger partial charge in [0.15, 0.2) is 0 Å². The van der Waals surface area contributed by atoms with Crippen LogP contribution in [-0.2, 0) is 4.74 Å². The van der Waals surface area contributed by atoms with Crippen LogP contribution in [0.5, 0.6) is 0 Å². The molecule has 0 amide bonds. The van der Waals surface area contributed by atoms with Crippen LogP contribution in [0.2, 0.25) is 4.34 Å². The van der Waals surface area contributed by atoms with Crippen molar-refractivity contribution < 1.29 is 4.74 Å². The topological polar surface area (TPSA) is 38.5 Å². The van der Waals surface area contributed by atoms with E-state index in [1.165, 1.54) is 17.7 Å². The molecule has 1 saturated heterocycles. The van der Waals surface area contributed by atoms with Crippen LogP contribution in [-0.4, -0.2) is 37.2 Å². The van der Waals surface area contributed by atoms with E-state index in [0.717, 1.165) is 30.3 Å².